The molecule has 0 spiro atoms. The van der Waals surface area contributed by atoms with Crippen molar-refractivity contribution in [2.45, 2.75) is 12.8 Å². The summed E-state index contributed by atoms with van der Waals surface area (Å²) < 4.78 is 27.1. The van der Waals surface area contributed by atoms with Crippen LogP contribution in [0, 0.1) is 11.6 Å². The van der Waals surface area contributed by atoms with Gasteiger partial charge in [-0.1, -0.05) is 6.07 Å². The molecule has 0 aliphatic carbocycles. The molecule has 1 N–H and O–H groups in total. The minimum absolute atomic E-state index is 0.0690. The van der Waals surface area contributed by atoms with Crippen LogP contribution >= 0.6 is 0 Å². The van der Waals surface area contributed by atoms with Crippen molar-refractivity contribution in [3.63, 3.8) is 0 Å². The van der Waals surface area contributed by atoms with Gasteiger partial charge in [-0.3, -0.25) is 4.79 Å². The average Bonchev–Trinajstić information content (AvgIpc) is 3.05. The molecule has 0 atom stereocenters. The number of carbonyl (C=O) groups excluding carboxylic acids is 1. The predicted octanol–water partition coefficient (Wildman–Crippen LogP) is 2.61. The van der Waals surface area contributed by atoms with E-state index >= 15 is 0 Å². The second kappa shape index (κ2) is 6.05. The Bertz CT molecular complexity index is 681. The van der Waals surface area contributed by atoms with Crippen molar-refractivity contribution in [2.24, 2.45) is 0 Å². The monoisotopic (exact) mass is 304 g/mol. The lowest BCUT2D eigenvalue weighted by Crippen LogP contribution is -2.21. The number of halogens is 2. The standard InChI is InChI=1S/C15H14F2N4O/c16-10-4-3-5-11(17)14(10)20-15(22)12-8-13(19-9-18-12)21-6-1-2-7-21/h3-5,8-9H,1-2,6-7H2,(H,20,22). The molecule has 1 amide bonds. The van der Waals surface area contributed by atoms with Gasteiger partial charge in [-0.2, -0.15) is 0 Å². The van der Waals surface area contributed by atoms with E-state index in [-0.39, 0.29) is 5.69 Å². The zero-order valence-electron chi connectivity index (χ0n) is 11.7. The van der Waals surface area contributed by atoms with E-state index in [9.17, 15) is 13.6 Å². The Morgan fingerprint density at radius 1 is 1.14 bits per heavy atom. The number of hydrogen-bond donors (Lipinski definition) is 1. The van der Waals surface area contributed by atoms with Crippen LogP contribution in [0.25, 0.3) is 0 Å². The third kappa shape index (κ3) is 2.88. The van der Waals surface area contributed by atoms with E-state index in [1.165, 1.54) is 18.5 Å². The van der Waals surface area contributed by atoms with Crippen LogP contribution in [-0.4, -0.2) is 29.0 Å². The van der Waals surface area contributed by atoms with Crippen molar-refractivity contribution in [3.8, 4) is 0 Å². The molecule has 0 bridgehead atoms. The summed E-state index contributed by atoms with van der Waals surface area (Å²) in [7, 11) is 0. The Balaban J connectivity index is 1.82. The van der Waals surface area contributed by atoms with Gasteiger partial charge in [-0.25, -0.2) is 18.7 Å². The predicted molar refractivity (Wildman–Crippen MR) is 77.8 cm³/mol. The van der Waals surface area contributed by atoms with E-state index in [1.807, 2.05) is 4.90 Å². The number of nitrogens with zero attached hydrogens (tertiary/aromatic N) is 3. The topological polar surface area (TPSA) is 58.1 Å². The zero-order chi connectivity index (χ0) is 15.5. The fourth-order valence-corrected chi connectivity index (χ4v) is 2.39. The molecule has 0 radical (unpaired) electrons. The Morgan fingerprint density at radius 3 is 2.50 bits per heavy atom. The molecule has 1 aromatic carbocycles. The summed E-state index contributed by atoms with van der Waals surface area (Å²) in [5.41, 5.74) is -0.409. The van der Waals surface area contributed by atoms with Gasteiger partial charge >= 0.3 is 0 Å². The van der Waals surface area contributed by atoms with E-state index in [4.69, 9.17) is 0 Å². The first-order valence-corrected chi connectivity index (χ1v) is 6.97. The molecule has 7 heteroatoms. The molecule has 3 rings (SSSR count). The first-order valence-electron chi connectivity index (χ1n) is 6.97. The Labute approximate surface area is 126 Å². The highest BCUT2D eigenvalue weighted by atomic mass is 19.1. The van der Waals surface area contributed by atoms with Crippen molar-refractivity contribution in [1.82, 2.24) is 9.97 Å². The lowest BCUT2D eigenvalue weighted by atomic mass is 10.2. The van der Waals surface area contributed by atoms with Crippen LogP contribution in [0.3, 0.4) is 0 Å². The number of hydrogen-bond acceptors (Lipinski definition) is 4. The van der Waals surface area contributed by atoms with Crippen molar-refractivity contribution >= 4 is 17.4 Å². The van der Waals surface area contributed by atoms with Crippen LogP contribution in [0.2, 0.25) is 0 Å². The second-order valence-electron chi connectivity index (χ2n) is 5.01. The van der Waals surface area contributed by atoms with E-state index in [0.717, 1.165) is 38.1 Å². The molecule has 2 heterocycles. The highest BCUT2D eigenvalue weighted by Crippen LogP contribution is 2.20. The number of para-hydroxylation sites is 1. The van der Waals surface area contributed by atoms with Crippen LogP contribution in [0.15, 0.2) is 30.6 Å². The maximum Gasteiger partial charge on any atom is 0.274 e. The number of nitrogens with one attached hydrogen (secondary N) is 1. The minimum Gasteiger partial charge on any atom is -0.357 e. The molecule has 22 heavy (non-hydrogen) atoms. The second-order valence-corrected chi connectivity index (χ2v) is 5.01. The molecule has 1 aliphatic heterocycles. The fourth-order valence-electron chi connectivity index (χ4n) is 2.39. The number of rotatable bonds is 3. The van der Waals surface area contributed by atoms with E-state index < -0.39 is 23.2 Å². The Morgan fingerprint density at radius 2 is 1.82 bits per heavy atom. The fraction of sp³-hybridized carbons (Fsp3) is 0.267. The van der Waals surface area contributed by atoms with Crippen LogP contribution < -0.4 is 10.2 Å². The third-order valence-electron chi connectivity index (χ3n) is 3.52. The van der Waals surface area contributed by atoms with E-state index in [0.29, 0.717) is 5.82 Å². The van der Waals surface area contributed by atoms with Crippen molar-refractivity contribution in [2.75, 3.05) is 23.3 Å². The Kier molecular flexibility index (Phi) is 3.95. The van der Waals surface area contributed by atoms with Crippen molar-refractivity contribution < 1.29 is 13.6 Å². The number of benzene rings is 1. The third-order valence-corrected chi connectivity index (χ3v) is 3.52. The van der Waals surface area contributed by atoms with Crippen molar-refractivity contribution in [1.29, 1.82) is 0 Å². The minimum atomic E-state index is -0.831. The van der Waals surface area contributed by atoms with Crippen LogP contribution in [0.1, 0.15) is 23.3 Å². The molecule has 1 fully saturated rings. The Hall–Kier alpha value is -2.57. The van der Waals surface area contributed by atoms with Crippen LogP contribution in [-0.2, 0) is 0 Å². The molecule has 1 aromatic heterocycles. The largest absolute Gasteiger partial charge is 0.357 e. The lowest BCUT2D eigenvalue weighted by molar-refractivity contribution is 0.102. The number of aromatic nitrogens is 2. The molecular formula is C15H14F2N4O. The quantitative estimate of drug-likeness (QED) is 0.947. The summed E-state index contributed by atoms with van der Waals surface area (Å²) >= 11 is 0. The van der Waals surface area contributed by atoms with Gasteiger partial charge in [0.15, 0.2) is 0 Å². The van der Waals surface area contributed by atoms with Gasteiger partial charge in [0.2, 0.25) is 0 Å². The van der Waals surface area contributed by atoms with Gasteiger partial charge in [0, 0.05) is 19.2 Å². The van der Waals surface area contributed by atoms with Gasteiger partial charge in [0.25, 0.3) is 5.91 Å². The van der Waals surface area contributed by atoms with Gasteiger partial charge in [0.05, 0.1) is 0 Å². The van der Waals surface area contributed by atoms with Crippen molar-refractivity contribution in [3.05, 3.63) is 47.9 Å². The van der Waals surface area contributed by atoms with Gasteiger partial charge < -0.3 is 10.2 Å². The molecular weight excluding hydrogens is 290 g/mol. The average molecular weight is 304 g/mol. The number of anilines is 2. The number of carbonyl (C=O) groups is 1. The summed E-state index contributed by atoms with van der Waals surface area (Å²) in [4.78, 5) is 22.2. The van der Waals surface area contributed by atoms with E-state index in [2.05, 4.69) is 15.3 Å². The summed E-state index contributed by atoms with van der Waals surface area (Å²) in [6.07, 6.45) is 3.43. The summed E-state index contributed by atoms with van der Waals surface area (Å²) in [5, 5.41) is 2.21. The lowest BCUT2D eigenvalue weighted by Gasteiger charge is -2.16. The maximum atomic E-state index is 13.6. The normalized spacial score (nSPS) is 14.2. The molecule has 0 saturated carbocycles. The molecule has 5 nitrogen and oxygen atoms in total. The first kappa shape index (κ1) is 14.4. The molecule has 114 valence electrons. The zero-order valence-corrected chi connectivity index (χ0v) is 11.7. The summed E-state index contributed by atoms with van der Waals surface area (Å²) in [5.74, 6) is -1.69. The number of amides is 1. The highest BCUT2D eigenvalue weighted by molar-refractivity contribution is 6.03. The summed E-state index contributed by atoms with van der Waals surface area (Å²) in [6.45, 7) is 1.75. The van der Waals surface area contributed by atoms with Gasteiger partial charge in [-0.05, 0) is 25.0 Å². The first-order chi connectivity index (χ1) is 10.6. The maximum absolute atomic E-state index is 13.6. The van der Waals surface area contributed by atoms with Gasteiger partial charge in [-0.15, -0.1) is 0 Å². The SMILES string of the molecule is O=C(Nc1c(F)cccc1F)c1cc(N2CCCC2)ncn1. The van der Waals surface area contributed by atoms with Crippen LogP contribution in [0.5, 0.6) is 0 Å². The van der Waals surface area contributed by atoms with Gasteiger partial charge in [0.1, 0.15) is 35.2 Å². The summed E-state index contributed by atoms with van der Waals surface area (Å²) in [6, 6.07) is 4.92. The molecule has 1 saturated heterocycles. The highest BCUT2D eigenvalue weighted by Gasteiger charge is 2.18. The molecule has 0 unspecified atom stereocenters. The van der Waals surface area contributed by atoms with Crippen LogP contribution in [0.4, 0.5) is 20.3 Å². The molecule has 1 aliphatic rings. The molecule has 2 aromatic rings. The smallest absolute Gasteiger partial charge is 0.274 e. The van der Waals surface area contributed by atoms with E-state index in [1.54, 1.807) is 0 Å².